The van der Waals surface area contributed by atoms with Gasteiger partial charge in [-0.3, -0.25) is 4.90 Å². The average molecular weight is 235 g/mol. The first-order valence-electron chi connectivity index (χ1n) is 6.58. The van der Waals surface area contributed by atoms with E-state index in [0.717, 1.165) is 25.1 Å². The van der Waals surface area contributed by atoms with E-state index in [9.17, 15) is 5.11 Å². The lowest BCUT2D eigenvalue weighted by molar-refractivity contribution is -0.0213. The third-order valence-corrected chi connectivity index (χ3v) is 3.91. The molecule has 96 valence electrons. The van der Waals surface area contributed by atoms with E-state index >= 15 is 0 Å². The van der Waals surface area contributed by atoms with Crippen molar-refractivity contribution in [2.24, 2.45) is 0 Å². The van der Waals surface area contributed by atoms with Gasteiger partial charge in [-0.2, -0.15) is 0 Å². The van der Waals surface area contributed by atoms with Crippen molar-refractivity contribution < 1.29 is 5.11 Å². The monoisotopic (exact) mass is 235 g/mol. The van der Waals surface area contributed by atoms with Crippen molar-refractivity contribution in [2.75, 3.05) is 13.1 Å². The fourth-order valence-electron chi connectivity index (χ4n) is 2.53. The molecular formula is C15H25NO. The fraction of sp³-hybridized carbons (Fsp3) is 0.600. The number of benzene rings is 1. The Balaban J connectivity index is 3.00. The van der Waals surface area contributed by atoms with E-state index in [2.05, 4.69) is 32.6 Å². The molecule has 0 aliphatic heterocycles. The molecule has 0 spiro atoms. The van der Waals surface area contributed by atoms with Gasteiger partial charge in [-0.15, -0.1) is 0 Å². The summed E-state index contributed by atoms with van der Waals surface area (Å²) in [6.07, 6.45) is 0.499. The molecule has 2 nitrogen and oxygen atoms in total. The van der Waals surface area contributed by atoms with Crippen LogP contribution < -0.4 is 0 Å². The van der Waals surface area contributed by atoms with Crippen LogP contribution in [0.1, 0.15) is 45.8 Å². The maximum atomic E-state index is 10.6. The molecule has 17 heavy (non-hydrogen) atoms. The van der Waals surface area contributed by atoms with Gasteiger partial charge < -0.3 is 5.11 Å². The Hall–Kier alpha value is -0.860. The Morgan fingerprint density at radius 3 is 2.06 bits per heavy atom. The first-order chi connectivity index (χ1) is 8.10. The van der Waals surface area contributed by atoms with E-state index in [1.807, 2.05) is 30.3 Å². The van der Waals surface area contributed by atoms with Crippen LogP contribution in [-0.4, -0.2) is 28.6 Å². The van der Waals surface area contributed by atoms with Crippen LogP contribution in [0.15, 0.2) is 30.3 Å². The topological polar surface area (TPSA) is 23.5 Å². The summed E-state index contributed by atoms with van der Waals surface area (Å²) < 4.78 is 0. The van der Waals surface area contributed by atoms with Crippen molar-refractivity contribution in [1.82, 2.24) is 4.90 Å². The van der Waals surface area contributed by atoms with Crippen molar-refractivity contribution in [3.8, 4) is 0 Å². The van der Waals surface area contributed by atoms with Crippen LogP contribution in [0.5, 0.6) is 0 Å². The first-order valence-corrected chi connectivity index (χ1v) is 6.58. The van der Waals surface area contributed by atoms with Crippen LogP contribution in [-0.2, 0) is 0 Å². The summed E-state index contributed by atoms with van der Waals surface area (Å²) in [4.78, 5) is 2.34. The molecule has 1 N–H and O–H groups in total. The molecule has 2 unspecified atom stereocenters. The summed E-state index contributed by atoms with van der Waals surface area (Å²) >= 11 is 0. The quantitative estimate of drug-likeness (QED) is 0.818. The smallest absolute Gasteiger partial charge is 0.0970 e. The molecular weight excluding hydrogens is 210 g/mol. The van der Waals surface area contributed by atoms with Crippen LogP contribution in [0.25, 0.3) is 0 Å². The van der Waals surface area contributed by atoms with Gasteiger partial charge in [-0.25, -0.2) is 0 Å². The standard InChI is InChI=1S/C15H25NO/c1-5-15(4,16(6-2)7-3)14(17)13-11-9-8-10-12-13/h8-12,14,17H,5-7H2,1-4H3. The number of hydrogen-bond donors (Lipinski definition) is 1. The minimum absolute atomic E-state index is 0.190. The molecule has 0 saturated carbocycles. The van der Waals surface area contributed by atoms with Gasteiger partial charge in [0.1, 0.15) is 0 Å². The highest BCUT2D eigenvalue weighted by Gasteiger charge is 2.36. The van der Waals surface area contributed by atoms with Gasteiger partial charge in [0.2, 0.25) is 0 Å². The summed E-state index contributed by atoms with van der Waals surface area (Å²) in [5.41, 5.74) is 0.814. The minimum Gasteiger partial charge on any atom is -0.386 e. The van der Waals surface area contributed by atoms with Crippen molar-refractivity contribution in [3.05, 3.63) is 35.9 Å². The number of rotatable bonds is 6. The summed E-state index contributed by atoms with van der Waals surface area (Å²) in [6.45, 7) is 10.5. The molecule has 0 aliphatic rings. The molecule has 0 aromatic heterocycles. The SMILES string of the molecule is CCN(CC)C(C)(CC)C(O)c1ccccc1. The lowest BCUT2D eigenvalue weighted by Crippen LogP contribution is -2.50. The third kappa shape index (κ3) is 2.88. The summed E-state index contributed by atoms with van der Waals surface area (Å²) in [5, 5.41) is 10.6. The van der Waals surface area contributed by atoms with Crippen LogP contribution in [0.4, 0.5) is 0 Å². The Morgan fingerprint density at radius 1 is 1.12 bits per heavy atom. The lowest BCUT2D eigenvalue weighted by atomic mass is 9.85. The molecule has 0 saturated heterocycles. The van der Waals surface area contributed by atoms with Gasteiger partial charge in [0.15, 0.2) is 0 Å². The van der Waals surface area contributed by atoms with Gasteiger partial charge in [-0.1, -0.05) is 51.1 Å². The highest BCUT2D eigenvalue weighted by molar-refractivity contribution is 5.21. The van der Waals surface area contributed by atoms with Gasteiger partial charge in [0, 0.05) is 5.54 Å². The Labute approximate surface area is 105 Å². The van der Waals surface area contributed by atoms with Crippen LogP contribution in [0.3, 0.4) is 0 Å². The zero-order valence-corrected chi connectivity index (χ0v) is 11.5. The highest BCUT2D eigenvalue weighted by atomic mass is 16.3. The maximum absolute atomic E-state index is 10.6. The second kappa shape index (κ2) is 6.18. The van der Waals surface area contributed by atoms with Gasteiger partial charge in [0.05, 0.1) is 6.10 Å². The van der Waals surface area contributed by atoms with Crippen molar-refractivity contribution in [1.29, 1.82) is 0 Å². The lowest BCUT2D eigenvalue weighted by Gasteiger charge is -2.43. The molecule has 2 heteroatoms. The molecule has 0 radical (unpaired) electrons. The van der Waals surface area contributed by atoms with E-state index in [1.165, 1.54) is 0 Å². The Kier molecular flexibility index (Phi) is 5.16. The number of hydrogen-bond acceptors (Lipinski definition) is 2. The molecule has 0 fully saturated rings. The summed E-state index contributed by atoms with van der Waals surface area (Å²) in [6, 6.07) is 9.95. The maximum Gasteiger partial charge on any atom is 0.0970 e. The largest absolute Gasteiger partial charge is 0.386 e. The molecule has 0 heterocycles. The molecule has 0 amide bonds. The normalized spacial score (nSPS) is 16.8. The number of aliphatic hydroxyl groups is 1. The zero-order valence-electron chi connectivity index (χ0n) is 11.5. The average Bonchev–Trinajstić information content (AvgIpc) is 2.39. The molecule has 0 aliphatic carbocycles. The number of nitrogens with zero attached hydrogens (tertiary/aromatic N) is 1. The Morgan fingerprint density at radius 2 is 1.65 bits per heavy atom. The van der Waals surface area contributed by atoms with E-state index < -0.39 is 6.10 Å². The highest BCUT2D eigenvalue weighted by Crippen LogP contribution is 2.33. The second-order valence-corrected chi connectivity index (χ2v) is 4.70. The van der Waals surface area contributed by atoms with Crippen LogP contribution >= 0.6 is 0 Å². The molecule has 2 atom stereocenters. The second-order valence-electron chi connectivity index (χ2n) is 4.70. The van der Waals surface area contributed by atoms with Gasteiger partial charge in [-0.05, 0) is 32.0 Å². The van der Waals surface area contributed by atoms with E-state index in [1.54, 1.807) is 0 Å². The fourth-order valence-corrected chi connectivity index (χ4v) is 2.53. The predicted molar refractivity (Wildman–Crippen MR) is 73.0 cm³/mol. The summed E-state index contributed by atoms with van der Waals surface area (Å²) in [7, 11) is 0. The van der Waals surface area contributed by atoms with Crippen molar-refractivity contribution in [2.45, 2.75) is 45.8 Å². The zero-order chi connectivity index (χ0) is 12.9. The predicted octanol–water partition coefficient (Wildman–Crippen LogP) is 3.23. The van der Waals surface area contributed by atoms with Crippen LogP contribution in [0.2, 0.25) is 0 Å². The van der Waals surface area contributed by atoms with Crippen molar-refractivity contribution in [3.63, 3.8) is 0 Å². The van der Waals surface area contributed by atoms with Crippen molar-refractivity contribution >= 4 is 0 Å². The van der Waals surface area contributed by atoms with E-state index in [0.29, 0.717) is 0 Å². The van der Waals surface area contributed by atoms with Gasteiger partial charge >= 0.3 is 0 Å². The molecule has 0 bridgehead atoms. The summed E-state index contributed by atoms with van der Waals surface area (Å²) in [5.74, 6) is 0. The molecule has 1 rings (SSSR count). The number of likely N-dealkylation sites (N-methyl/N-ethyl adjacent to an activating group) is 1. The van der Waals surface area contributed by atoms with E-state index in [-0.39, 0.29) is 5.54 Å². The van der Waals surface area contributed by atoms with Crippen LogP contribution in [0, 0.1) is 0 Å². The van der Waals surface area contributed by atoms with E-state index in [4.69, 9.17) is 0 Å². The number of aliphatic hydroxyl groups excluding tert-OH is 1. The Bertz CT molecular complexity index is 321. The molecule has 1 aromatic carbocycles. The minimum atomic E-state index is -0.436. The third-order valence-electron chi connectivity index (χ3n) is 3.91. The molecule has 1 aromatic rings. The van der Waals surface area contributed by atoms with Gasteiger partial charge in [0.25, 0.3) is 0 Å². The first kappa shape index (κ1) is 14.2.